The highest BCUT2D eigenvalue weighted by Crippen LogP contribution is 2.16. The highest BCUT2D eigenvalue weighted by molar-refractivity contribution is 5.68. The maximum Gasteiger partial charge on any atom is 0.422 e. The van der Waals surface area contributed by atoms with Crippen molar-refractivity contribution in [2.24, 2.45) is 0 Å². The molecule has 2 rings (SSSR count). The molecule has 0 saturated heterocycles. The summed E-state index contributed by atoms with van der Waals surface area (Å²) in [4.78, 5) is 22.5. The molecular formula is C7H5F3N4O2. The SMILES string of the molecule is O=c1[nH]c2cnc(OCC(F)(F)F)nc2[nH]1. The highest BCUT2D eigenvalue weighted by atomic mass is 19.4. The average molecular weight is 234 g/mol. The molecule has 0 bridgehead atoms. The molecule has 0 unspecified atom stereocenters. The predicted octanol–water partition coefficient (Wildman–Crippen LogP) is 0.587. The van der Waals surface area contributed by atoms with Crippen LogP contribution >= 0.6 is 0 Å². The number of nitrogens with zero attached hydrogens (tertiary/aromatic N) is 2. The lowest BCUT2D eigenvalue weighted by molar-refractivity contribution is -0.154. The van der Waals surface area contributed by atoms with E-state index >= 15 is 0 Å². The van der Waals surface area contributed by atoms with E-state index in [4.69, 9.17) is 0 Å². The van der Waals surface area contributed by atoms with Gasteiger partial charge in [-0.25, -0.2) is 9.78 Å². The van der Waals surface area contributed by atoms with Crippen LogP contribution in [0, 0.1) is 0 Å². The van der Waals surface area contributed by atoms with Crippen LogP contribution in [-0.4, -0.2) is 32.7 Å². The summed E-state index contributed by atoms with van der Waals surface area (Å²) in [6.45, 7) is -1.48. The minimum absolute atomic E-state index is 0.0946. The Bertz CT molecular complexity index is 558. The molecule has 6 nitrogen and oxygen atoms in total. The van der Waals surface area contributed by atoms with Crippen LogP contribution in [0.2, 0.25) is 0 Å². The van der Waals surface area contributed by atoms with E-state index < -0.39 is 24.5 Å². The number of aromatic amines is 2. The van der Waals surface area contributed by atoms with Crippen LogP contribution in [0.3, 0.4) is 0 Å². The first-order valence-electron chi connectivity index (χ1n) is 4.09. The lowest BCUT2D eigenvalue weighted by atomic mass is 10.6. The summed E-state index contributed by atoms with van der Waals surface area (Å²) in [5, 5.41) is 0. The third-order valence-electron chi connectivity index (χ3n) is 1.61. The van der Waals surface area contributed by atoms with Crippen molar-refractivity contribution in [2.45, 2.75) is 6.18 Å². The van der Waals surface area contributed by atoms with E-state index in [1.807, 2.05) is 0 Å². The van der Waals surface area contributed by atoms with Gasteiger partial charge in [-0.2, -0.15) is 18.2 Å². The summed E-state index contributed by atoms with van der Waals surface area (Å²) in [6.07, 6.45) is -3.30. The average Bonchev–Trinajstić information content (AvgIpc) is 2.52. The Balaban J connectivity index is 2.22. The van der Waals surface area contributed by atoms with Gasteiger partial charge in [-0.15, -0.1) is 0 Å². The standard InChI is InChI=1S/C7H5F3N4O2/c8-7(9,10)2-16-6-11-1-3-4(14-6)13-5(15)12-3/h1H,2H2,(H2,11,12,13,14,15). The molecule has 0 radical (unpaired) electrons. The first-order chi connectivity index (χ1) is 7.44. The van der Waals surface area contributed by atoms with Crippen molar-refractivity contribution in [3.63, 3.8) is 0 Å². The van der Waals surface area contributed by atoms with Crippen LogP contribution < -0.4 is 10.4 Å². The van der Waals surface area contributed by atoms with Gasteiger partial charge in [0.1, 0.15) is 5.52 Å². The first-order valence-corrected chi connectivity index (χ1v) is 4.09. The van der Waals surface area contributed by atoms with Crippen LogP contribution in [-0.2, 0) is 0 Å². The third-order valence-corrected chi connectivity index (χ3v) is 1.61. The number of H-pyrrole nitrogens is 2. The van der Waals surface area contributed by atoms with Gasteiger partial charge in [0.25, 0.3) is 0 Å². The van der Waals surface area contributed by atoms with Gasteiger partial charge < -0.3 is 9.72 Å². The Morgan fingerprint density at radius 2 is 2.12 bits per heavy atom. The molecule has 0 aliphatic rings. The van der Waals surface area contributed by atoms with Gasteiger partial charge in [-0.05, 0) is 0 Å². The molecule has 9 heteroatoms. The van der Waals surface area contributed by atoms with Gasteiger partial charge >= 0.3 is 17.9 Å². The number of alkyl halides is 3. The Hall–Kier alpha value is -2.06. The molecule has 86 valence electrons. The van der Waals surface area contributed by atoms with Crippen LogP contribution in [0.4, 0.5) is 13.2 Å². The van der Waals surface area contributed by atoms with Crippen LogP contribution in [0.15, 0.2) is 11.0 Å². The number of nitrogens with one attached hydrogen (secondary N) is 2. The maximum absolute atomic E-state index is 11.8. The minimum atomic E-state index is -4.45. The van der Waals surface area contributed by atoms with E-state index in [1.54, 1.807) is 0 Å². The van der Waals surface area contributed by atoms with Crippen molar-refractivity contribution in [2.75, 3.05) is 6.61 Å². The third kappa shape index (κ3) is 2.30. The molecule has 2 aromatic rings. The highest BCUT2D eigenvalue weighted by Gasteiger charge is 2.29. The zero-order chi connectivity index (χ0) is 11.8. The van der Waals surface area contributed by atoms with Gasteiger partial charge in [0.15, 0.2) is 12.3 Å². The lowest BCUT2D eigenvalue weighted by Crippen LogP contribution is -2.20. The molecule has 0 aliphatic carbocycles. The van der Waals surface area contributed by atoms with Crippen molar-refractivity contribution >= 4 is 11.2 Å². The quantitative estimate of drug-likeness (QED) is 0.796. The second kappa shape index (κ2) is 3.51. The summed E-state index contributed by atoms with van der Waals surface area (Å²) >= 11 is 0. The van der Waals surface area contributed by atoms with E-state index in [9.17, 15) is 18.0 Å². The minimum Gasteiger partial charge on any atom is -0.454 e. The van der Waals surface area contributed by atoms with Gasteiger partial charge in [0.05, 0.1) is 6.20 Å². The number of imidazole rings is 1. The number of hydrogen-bond donors (Lipinski definition) is 2. The van der Waals surface area contributed by atoms with Crippen molar-refractivity contribution < 1.29 is 17.9 Å². The van der Waals surface area contributed by atoms with E-state index in [2.05, 4.69) is 24.7 Å². The van der Waals surface area contributed by atoms with E-state index in [0.717, 1.165) is 6.20 Å². The van der Waals surface area contributed by atoms with E-state index in [-0.39, 0.29) is 5.65 Å². The summed E-state index contributed by atoms with van der Waals surface area (Å²) in [7, 11) is 0. The summed E-state index contributed by atoms with van der Waals surface area (Å²) < 4.78 is 39.7. The van der Waals surface area contributed by atoms with Crippen LogP contribution in [0.1, 0.15) is 0 Å². The number of hydrogen-bond acceptors (Lipinski definition) is 4. The molecule has 2 aromatic heterocycles. The molecule has 0 atom stereocenters. The second-order valence-corrected chi connectivity index (χ2v) is 2.90. The number of fused-ring (bicyclic) bond motifs is 1. The molecule has 16 heavy (non-hydrogen) atoms. The van der Waals surface area contributed by atoms with Gasteiger partial charge in [-0.1, -0.05) is 0 Å². The van der Waals surface area contributed by atoms with Crippen molar-refractivity contribution in [3.8, 4) is 6.01 Å². The van der Waals surface area contributed by atoms with Crippen LogP contribution in [0.5, 0.6) is 6.01 Å². The fraction of sp³-hybridized carbons (Fsp3) is 0.286. The summed E-state index contributed by atoms with van der Waals surface area (Å²) in [5.74, 6) is 0. The fourth-order valence-corrected chi connectivity index (χ4v) is 1.03. The van der Waals surface area contributed by atoms with Crippen molar-refractivity contribution in [1.82, 2.24) is 19.9 Å². The largest absolute Gasteiger partial charge is 0.454 e. The van der Waals surface area contributed by atoms with Crippen molar-refractivity contribution in [1.29, 1.82) is 0 Å². The number of halogens is 3. The topological polar surface area (TPSA) is 83.7 Å². The summed E-state index contributed by atoms with van der Waals surface area (Å²) in [5.41, 5.74) is -0.126. The number of rotatable bonds is 2. The Morgan fingerprint density at radius 1 is 1.38 bits per heavy atom. The van der Waals surface area contributed by atoms with E-state index in [0.29, 0.717) is 5.52 Å². The normalized spacial score (nSPS) is 11.9. The zero-order valence-corrected chi connectivity index (χ0v) is 7.63. The molecule has 0 aliphatic heterocycles. The maximum atomic E-state index is 11.8. The Morgan fingerprint density at radius 3 is 2.81 bits per heavy atom. The molecule has 0 amide bonds. The molecule has 0 spiro atoms. The predicted molar refractivity (Wildman–Crippen MR) is 46.1 cm³/mol. The molecular weight excluding hydrogens is 229 g/mol. The lowest BCUT2D eigenvalue weighted by Gasteiger charge is -2.06. The first kappa shape index (κ1) is 10.5. The molecule has 0 fully saturated rings. The number of aromatic nitrogens is 4. The Kier molecular flexibility index (Phi) is 2.29. The van der Waals surface area contributed by atoms with Gasteiger partial charge in [0.2, 0.25) is 0 Å². The molecule has 0 saturated carbocycles. The van der Waals surface area contributed by atoms with Gasteiger partial charge in [0, 0.05) is 0 Å². The number of ether oxygens (including phenoxy) is 1. The second-order valence-electron chi connectivity index (χ2n) is 2.90. The molecule has 2 N–H and O–H groups in total. The van der Waals surface area contributed by atoms with E-state index in [1.165, 1.54) is 0 Å². The molecule has 2 heterocycles. The monoisotopic (exact) mass is 234 g/mol. The Labute approximate surface area is 85.5 Å². The van der Waals surface area contributed by atoms with Crippen LogP contribution in [0.25, 0.3) is 11.2 Å². The van der Waals surface area contributed by atoms with Gasteiger partial charge in [-0.3, -0.25) is 4.98 Å². The smallest absolute Gasteiger partial charge is 0.422 e. The summed E-state index contributed by atoms with van der Waals surface area (Å²) in [6, 6.07) is -0.444. The fourth-order valence-electron chi connectivity index (χ4n) is 1.03. The zero-order valence-electron chi connectivity index (χ0n) is 7.63. The van der Waals surface area contributed by atoms with Crippen molar-refractivity contribution in [3.05, 3.63) is 16.7 Å². The molecule has 0 aromatic carbocycles.